The molecule has 0 fully saturated rings. The summed E-state index contributed by atoms with van der Waals surface area (Å²) in [6.45, 7) is 8.12. The van der Waals surface area contributed by atoms with Gasteiger partial charge in [0.15, 0.2) is 0 Å². The van der Waals surface area contributed by atoms with Gasteiger partial charge >= 0.3 is 0 Å². The van der Waals surface area contributed by atoms with E-state index in [9.17, 15) is 5.11 Å². The van der Waals surface area contributed by atoms with Gasteiger partial charge in [0.1, 0.15) is 0 Å². The zero-order valence-electron chi connectivity index (χ0n) is 12.5. The van der Waals surface area contributed by atoms with Crippen molar-refractivity contribution in [2.24, 2.45) is 0 Å². The molecule has 0 aliphatic carbocycles. The van der Waals surface area contributed by atoms with Crippen LogP contribution in [0.3, 0.4) is 0 Å². The molecule has 109 valence electrons. The second-order valence-electron chi connectivity index (χ2n) is 5.06. The van der Waals surface area contributed by atoms with Crippen molar-refractivity contribution in [2.45, 2.75) is 77.9 Å². The first-order valence-corrected chi connectivity index (χ1v) is 7.52. The molecule has 0 saturated heterocycles. The van der Waals surface area contributed by atoms with Crippen molar-refractivity contribution in [1.82, 2.24) is 0 Å². The third-order valence-corrected chi connectivity index (χ3v) is 3.02. The average molecular weight is 259 g/mol. The van der Waals surface area contributed by atoms with Crippen molar-refractivity contribution in [3.8, 4) is 0 Å². The van der Waals surface area contributed by atoms with Crippen molar-refractivity contribution < 1.29 is 14.6 Å². The van der Waals surface area contributed by atoms with Gasteiger partial charge in [-0.3, -0.25) is 0 Å². The highest BCUT2D eigenvalue weighted by Gasteiger charge is 2.03. The standard InChI is InChI=1S/C15H31O3/c1-4-12-17-14(2)10-6-8-13-18-15(3)9-5-7-11-16/h14-15H,4-13H2,1-3H3. The summed E-state index contributed by atoms with van der Waals surface area (Å²) in [6, 6.07) is 0. The largest absolute Gasteiger partial charge is 0.379 e. The van der Waals surface area contributed by atoms with E-state index in [4.69, 9.17) is 9.47 Å². The summed E-state index contributed by atoms with van der Waals surface area (Å²) in [7, 11) is 0. The molecule has 0 saturated carbocycles. The fraction of sp³-hybridized carbons (Fsp3) is 1.00. The van der Waals surface area contributed by atoms with E-state index >= 15 is 0 Å². The second kappa shape index (κ2) is 13.3. The summed E-state index contributed by atoms with van der Waals surface area (Å²) in [5.74, 6) is 0. The molecule has 0 rings (SSSR count). The van der Waals surface area contributed by atoms with Crippen molar-refractivity contribution in [1.29, 1.82) is 0 Å². The molecule has 0 spiro atoms. The lowest BCUT2D eigenvalue weighted by molar-refractivity contribution is 0.0424. The molecule has 3 nitrogen and oxygen atoms in total. The first-order chi connectivity index (χ1) is 8.70. The number of rotatable bonds is 13. The fourth-order valence-electron chi connectivity index (χ4n) is 1.84. The molecule has 0 amide bonds. The molecule has 0 aromatic heterocycles. The molecule has 3 heteroatoms. The van der Waals surface area contributed by atoms with Crippen LogP contribution in [-0.2, 0) is 14.6 Å². The van der Waals surface area contributed by atoms with Crippen LogP contribution >= 0.6 is 0 Å². The highest BCUT2D eigenvalue weighted by molar-refractivity contribution is 4.54. The second-order valence-corrected chi connectivity index (χ2v) is 5.06. The number of hydrogen-bond donors (Lipinski definition) is 0. The lowest BCUT2D eigenvalue weighted by atomic mass is 10.1. The SMILES string of the molecule is CCCOC(C)CCCCOC(C)CCCC[O]. The first-order valence-electron chi connectivity index (χ1n) is 7.52. The average Bonchev–Trinajstić information content (AvgIpc) is 2.36. The van der Waals surface area contributed by atoms with Crippen LogP contribution in [-0.4, -0.2) is 32.0 Å². The molecule has 2 atom stereocenters. The molecule has 0 N–H and O–H groups in total. The molecule has 2 unspecified atom stereocenters. The van der Waals surface area contributed by atoms with Gasteiger partial charge in [-0.1, -0.05) is 6.92 Å². The van der Waals surface area contributed by atoms with Gasteiger partial charge in [-0.05, 0) is 58.8 Å². The zero-order chi connectivity index (χ0) is 13.6. The maximum atomic E-state index is 10.3. The van der Waals surface area contributed by atoms with E-state index in [0.29, 0.717) is 12.2 Å². The predicted octanol–water partition coefficient (Wildman–Crippen LogP) is 3.98. The Bertz CT molecular complexity index is 162. The molecule has 0 aromatic carbocycles. The van der Waals surface area contributed by atoms with Crippen LogP contribution in [0, 0.1) is 0 Å². The summed E-state index contributed by atoms with van der Waals surface area (Å²) in [5, 5.41) is 10.3. The first kappa shape index (κ1) is 17.9. The van der Waals surface area contributed by atoms with E-state index in [2.05, 4.69) is 20.8 Å². The third-order valence-electron chi connectivity index (χ3n) is 3.02. The van der Waals surface area contributed by atoms with E-state index in [1.807, 2.05) is 0 Å². The predicted molar refractivity (Wildman–Crippen MR) is 74.4 cm³/mol. The van der Waals surface area contributed by atoms with Crippen LogP contribution in [0.5, 0.6) is 0 Å². The van der Waals surface area contributed by atoms with E-state index in [1.165, 1.54) is 0 Å². The number of hydrogen-bond acceptors (Lipinski definition) is 2. The molecule has 0 aliphatic rings. The smallest absolute Gasteiger partial charge is 0.0822 e. The Kier molecular flexibility index (Phi) is 13.2. The maximum Gasteiger partial charge on any atom is 0.0822 e. The lowest BCUT2D eigenvalue weighted by Gasteiger charge is -2.14. The summed E-state index contributed by atoms with van der Waals surface area (Å²) in [5.41, 5.74) is 0. The third kappa shape index (κ3) is 12.3. The quantitative estimate of drug-likeness (QED) is 0.469. The molecular weight excluding hydrogens is 228 g/mol. The van der Waals surface area contributed by atoms with Crippen LogP contribution in [0.25, 0.3) is 0 Å². The highest BCUT2D eigenvalue weighted by Crippen LogP contribution is 2.08. The summed E-state index contributed by atoms with van der Waals surface area (Å²) >= 11 is 0. The zero-order valence-corrected chi connectivity index (χ0v) is 12.5. The van der Waals surface area contributed by atoms with Crippen molar-refractivity contribution in [3.63, 3.8) is 0 Å². The van der Waals surface area contributed by atoms with Gasteiger partial charge in [0.25, 0.3) is 0 Å². The van der Waals surface area contributed by atoms with Gasteiger partial charge in [-0.15, -0.1) is 0 Å². The van der Waals surface area contributed by atoms with Gasteiger partial charge in [0.05, 0.1) is 18.8 Å². The number of unbranched alkanes of at least 4 members (excludes halogenated alkanes) is 2. The van der Waals surface area contributed by atoms with Gasteiger partial charge in [-0.25, -0.2) is 5.11 Å². The van der Waals surface area contributed by atoms with Crippen LogP contribution in [0.4, 0.5) is 0 Å². The molecule has 0 bridgehead atoms. The van der Waals surface area contributed by atoms with Crippen LogP contribution < -0.4 is 0 Å². The Morgan fingerprint density at radius 2 is 1.39 bits per heavy atom. The Hall–Kier alpha value is -0.120. The van der Waals surface area contributed by atoms with Gasteiger partial charge in [0.2, 0.25) is 0 Å². The number of ether oxygens (including phenoxy) is 2. The summed E-state index contributed by atoms with van der Waals surface area (Å²) in [6.07, 6.45) is 7.93. The van der Waals surface area contributed by atoms with Gasteiger partial charge < -0.3 is 9.47 Å². The Morgan fingerprint density at radius 3 is 1.94 bits per heavy atom. The minimum absolute atomic E-state index is 0.0440. The monoisotopic (exact) mass is 259 g/mol. The topological polar surface area (TPSA) is 38.4 Å². The molecule has 18 heavy (non-hydrogen) atoms. The molecular formula is C15H31O3. The summed E-state index contributed by atoms with van der Waals surface area (Å²) < 4.78 is 11.3. The molecule has 0 aliphatic heterocycles. The fourth-order valence-corrected chi connectivity index (χ4v) is 1.84. The molecule has 0 heterocycles. The minimum Gasteiger partial charge on any atom is -0.379 e. The lowest BCUT2D eigenvalue weighted by Crippen LogP contribution is -2.11. The van der Waals surface area contributed by atoms with Crippen LogP contribution in [0.15, 0.2) is 0 Å². The van der Waals surface area contributed by atoms with Gasteiger partial charge in [0, 0.05) is 13.2 Å². The highest BCUT2D eigenvalue weighted by atomic mass is 16.5. The van der Waals surface area contributed by atoms with Crippen molar-refractivity contribution in [3.05, 3.63) is 0 Å². The van der Waals surface area contributed by atoms with E-state index in [0.717, 1.165) is 58.2 Å². The normalized spacial score (nSPS) is 14.7. The molecule has 0 aromatic rings. The molecule has 1 radical (unpaired) electrons. The Morgan fingerprint density at radius 1 is 0.833 bits per heavy atom. The maximum absolute atomic E-state index is 10.3. The van der Waals surface area contributed by atoms with Crippen LogP contribution in [0.1, 0.15) is 65.7 Å². The van der Waals surface area contributed by atoms with Crippen molar-refractivity contribution in [2.75, 3.05) is 19.8 Å². The minimum atomic E-state index is 0.0440. The Labute approximate surface area is 113 Å². The Balaban J connectivity index is 3.23. The van der Waals surface area contributed by atoms with E-state index in [1.54, 1.807) is 0 Å². The van der Waals surface area contributed by atoms with E-state index < -0.39 is 0 Å². The van der Waals surface area contributed by atoms with Gasteiger partial charge in [-0.2, -0.15) is 0 Å². The van der Waals surface area contributed by atoms with Crippen molar-refractivity contribution >= 4 is 0 Å². The van der Waals surface area contributed by atoms with E-state index in [-0.39, 0.29) is 6.61 Å². The summed E-state index contributed by atoms with van der Waals surface area (Å²) in [4.78, 5) is 0. The van der Waals surface area contributed by atoms with Crippen LogP contribution in [0.2, 0.25) is 0 Å².